The Morgan fingerprint density at radius 1 is 1.24 bits per heavy atom. The molecule has 2 N–H and O–H groups in total. The molecule has 0 heterocycles. The first-order chi connectivity index (χ1) is 10.2. The molecule has 1 aliphatic carbocycles. The van der Waals surface area contributed by atoms with Gasteiger partial charge in [0.2, 0.25) is 0 Å². The van der Waals surface area contributed by atoms with E-state index in [4.69, 9.17) is 4.74 Å². The van der Waals surface area contributed by atoms with Crippen LogP contribution in [-0.4, -0.2) is 24.4 Å². The number of nitrogens with one attached hydrogen (secondary N) is 1. The highest BCUT2D eigenvalue weighted by atomic mass is 16.5. The summed E-state index contributed by atoms with van der Waals surface area (Å²) in [4.78, 5) is 0. The van der Waals surface area contributed by atoms with Crippen LogP contribution in [0.2, 0.25) is 0 Å². The Bertz CT molecular complexity index is 404. The van der Waals surface area contributed by atoms with E-state index in [1.54, 1.807) is 0 Å². The highest BCUT2D eigenvalue weighted by Crippen LogP contribution is 2.27. The number of hydrogen-bond acceptors (Lipinski definition) is 3. The van der Waals surface area contributed by atoms with E-state index >= 15 is 0 Å². The summed E-state index contributed by atoms with van der Waals surface area (Å²) in [5.41, 5.74) is 1.28. The summed E-state index contributed by atoms with van der Waals surface area (Å²) in [6.07, 6.45) is 5.87. The van der Waals surface area contributed by atoms with E-state index in [2.05, 4.69) is 31.3 Å². The highest BCUT2D eigenvalue weighted by molar-refractivity contribution is 5.29. The largest absolute Gasteiger partial charge is 0.494 e. The van der Waals surface area contributed by atoms with Gasteiger partial charge in [-0.3, -0.25) is 0 Å². The van der Waals surface area contributed by atoms with Crippen LogP contribution in [-0.2, 0) is 0 Å². The average Bonchev–Trinajstić information content (AvgIpc) is 2.54. The first-order valence-corrected chi connectivity index (χ1v) is 8.34. The van der Waals surface area contributed by atoms with Crippen LogP contribution in [0, 0.1) is 5.92 Å². The third-order valence-corrected chi connectivity index (χ3v) is 4.46. The third kappa shape index (κ3) is 4.72. The predicted octanol–water partition coefficient (Wildman–Crippen LogP) is 3.68. The second-order valence-electron chi connectivity index (χ2n) is 6.14. The Hall–Kier alpha value is -1.06. The van der Waals surface area contributed by atoms with Crippen LogP contribution >= 0.6 is 0 Å². The Morgan fingerprint density at radius 3 is 2.62 bits per heavy atom. The molecular formula is C18H29NO2. The van der Waals surface area contributed by atoms with Gasteiger partial charge in [-0.05, 0) is 49.8 Å². The van der Waals surface area contributed by atoms with E-state index in [9.17, 15) is 5.11 Å². The fourth-order valence-corrected chi connectivity index (χ4v) is 3.14. The maximum atomic E-state index is 9.51. The minimum atomic E-state index is 0.300. The molecule has 0 radical (unpaired) electrons. The summed E-state index contributed by atoms with van der Waals surface area (Å²) in [5, 5.41) is 13.2. The summed E-state index contributed by atoms with van der Waals surface area (Å²) >= 11 is 0. The molecule has 2 rings (SSSR count). The first kappa shape index (κ1) is 16.3. The molecule has 3 unspecified atom stereocenters. The fraction of sp³-hybridized carbons (Fsp3) is 0.667. The van der Waals surface area contributed by atoms with Gasteiger partial charge in [0.25, 0.3) is 0 Å². The van der Waals surface area contributed by atoms with Gasteiger partial charge in [-0.1, -0.05) is 31.9 Å². The summed E-state index contributed by atoms with van der Waals surface area (Å²) in [6, 6.07) is 9.12. The Kier molecular flexibility index (Phi) is 6.52. The van der Waals surface area contributed by atoms with E-state index < -0.39 is 0 Å². The van der Waals surface area contributed by atoms with Gasteiger partial charge < -0.3 is 15.2 Å². The zero-order valence-corrected chi connectivity index (χ0v) is 13.3. The van der Waals surface area contributed by atoms with Crippen molar-refractivity contribution in [2.75, 3.05) is 13.2 Å². The topological polar surface area (TPSA) is 41.5 Å². The number of ether oxygens (including phenoxy) is 1. The minimum absolute atomic E-state index is 0.300. The summed E-state index contributed by atoms with van der Waals surface area (Å²) in [7, 11) is 0. The van der Waals surface area contributed by atoms with Crippen molar-refractivity contribution in [3.8, 4) is 5.75 Å². The second kappa shape index (κ2) is 8.40. The number of rotatable bonds is 7. The van der Waals surface area contributed by atoms with Crippen molar-refractivity contribution in [2.24, 2.45) is 5.92 Å². The molecule has 21 heavy (non-hydrogen) atoms. The summed E-state index contributed by atoms with van der Waals surface area (Å²) < 4.78 is 5.62. The number of benzene rings is 1. The highest BCUT2D eigenvalue weighted by Gasteiger charge is 2.25. The molecule has 0 aromatic heterocycles. The Morgan fingerprint density at radius 2 is 1.95 bits per heavy atom. The lowest BCUT2D eigenvalue weighted by Gasteiger charge is -2.33. The molecule has 0 aliphatic heterocycles. The average molecular weight is 291 g/mol. The second-order valence-corrected chi connectivity index (χ2v) is 6.14. The quantitative estimate of drug-likeness (QED) is 0.805. The van der Waals surface area contributed by atoms with Crippen LogP contribution in [0.3, 0.4) is 0 Å². The molecule has 0 amide bonds. The van der Waals surface area contributed by atoms with Crippen molar-refractivity contribution in [1.29, 1.82) is 0 Å². The van der Waals surface area contributed by atoms with Gasteiger partial charge in [0.05, 0.1) is 6.61 Å². The van der Waals surface area contributed by atoms with E-state index in [0.717, 1.165) is 25.2 Å². The minimum Gasteiger partial charge on any atom is -0.494 e. The molecule has 3 atom stereocenters. The number of hydrogen-bond donors (Lipinski definition) is 2. The van der Waals surface area contributed by atoms with Crippen LogP contribution in [0.25, 0.3) is 0 Å². The zero-order chi connectivity index (χ0) is 15.1. The van der Waals surface area contributed by atoms with E-state index in [-0.39, 0.29) is 0 Å². The predicted molar refractivity (Wildman–Crippen MR) is 86.6 cm³/mol. The molecule has 0 saturated heterocycles. The molecule has 3 heteroatoms. The molecule has 0 bridgehead atoms. The Labute approximate surface area is 128 Å². The number of aliphatic hydroxyl groups excluding tert-OH is 1. The lowest BCUT2D eigenvalue weighted by Crippen LogP contribution is -2.41. The van der Waals surface area contributed by atoms with Gasteiger partial charge in [0.15, 0.2) is 0 Å². The Balaban J connectivity index is 1.91. The standard InChI is InChI=1S/C18H29NO2/c1-3-12-21-17-10-8-15(9-11-17)14(2)19-18-7-5-4-6-16(18)13-20/h8-11,14,16,18-20H,3-7,12-13H2,1-2H3. The number of aliphatic hydroxyl groups is 1. The molecule has 1 aromatic rings. The zero-order valence-electron chi connectivity index (χ0n) is 13.3. The van der Waals surface area contributed by atoms with Crippen molar-refractivity contribution in [2.45, 2.75) is 58.0 Å². The van der Waals surface area contributed by atoms with Crippen LogP contribution in [0.1, 0.15) is 57.6 Å². The van der Waals surface area contributed by atoms with Gasteiger partial charge in [0.1, 0.15) is 5.75 Å². The van der Waals surface area contributed by atoms with Crippen molar-refractivity contribution in [3.05, 3.63) is 29.8 Å². The van der Waals surface area contributed by atoms with Crippen molar-refractivity contribution < 1.29 is 9.84 Å². The SMILES string of the molecule is CCCOc1ccc(C(C)NC2CCCCC2CO)cc1. The molecule has 1 saturated carbocycles. The molecule has 1 aliphatic rings. The van der Waals surface area contributed by atoms with Crippen LogP contribution in [0.5, 0.6) is 5.75 Å². The van der Waals surface area contributed by atoms with E-state index in [1.165, 1.54) is 24.8 Å². The normalized spacial score (nSPS) is 23.8. The molecule has 1 aromatic carbocycles. The molecule has 118 valence electrons. The fourth-order valence-electron chi connectivity index (χ4n) is 3.14. The molecule has 1 fully saturated rings. The van der Waals surface area contributed by atoms with Crippen molar-refractivity contribution in [3.63, 3.8) is 0 Å². The third-order valence-electron chi connectivity index (χ3n) is 4.46. The maximum Gasteiger partial charge on any atom is 0.119 e. The van der Waals surface area contributed by atoms with Crippen molar-refractivity contribution >= 4 is 0 Å². The first-order valence-electron chi connectivity index (χ1n) is 8.34. The van der Waals surface area contributed by atoms with E-state index in [1.807, 2.05) is 12.1 Å². The molecule has 3 nitrogen and oxygen atoms in total. The molecule has 0 spiro atoms. The lowest BCUT2D eigenvalue weighted by atomic mass is 9.84. The smallest absolute Gasteiger partial charge is 0.119 e. The van der Waals surface area contributed by atoms with Gasteiger partial charge in [-0.15, -0.1) is 0 Å². The van der Waals surface area contributed by atoms with Crippen LogP contribution in [0.4, 0.5) is 0 Å². The van der Waals surface area contributed by atoms with Crippen LogP contribution in [0.15, 0.2) is 24.3 Å². The van der Waals surface area contributed by atoms with Crippen LogP contribution < -0.4 is 10.1 Å². The monoisotopic (exact) mass is 291 g/mol. The molecular weight excluding hydrogens is 262 g/mol. The van der Waals surface area contributed by atoms with Gasteiger partial charge in [0, 0.05) is 18.7 Å². The maximum absolute atomic E-state index is 9.51. The van der Waals surface area contributed by atoms with Gasteiger partial charge in [-0.25, -0.2) is 0 Å². The van der Waals surface area contributed by atoms with Gasteiger partial charge >= 0.3 is 0 Å². The summed E-state index contributed by atoms with van der Waals surface area (Å²) in [5.74, 6) is 1.35. The lowest BCUT2D eigenvalue weighted by molar-refractivity contribution is 0.147. The van der Waals surface area contributed by atoms with E-state index in [0.29, 0.717) is 24.6 Å². The summed E-state index contributed by atoms with van der Waals surface area (Å²) in [6.45, 7) is 5.38. The van der Waals surface area contributed by atoms with Gasteiger partial charge in [-0.2, -0.15) is 0 Å². The van der Waals surface area contributed by atoms with Crippen molar-refractivity contribution in [1.82, 2.24) is 5.32 Å².